The molecular formula is C11H23N3S. The summed E-state index contributed by atoms with van der Waals surface area (Å²) >= 11 is 4.16. The molecule has 0 aromatic carbocycles. The second kappa shape index (κ2) is 11.7. The summed E-state index contributed by atoms with van der Waals surface area (Å²) in [6.45, 7) is 2.24. The fourth-order valence-electron chi connectivity index (χ4n) is 1.58. The Labute approximate surface area is 98.7 Å². The Morgan fingerprint density at radius 2 is 1.60 bits per heavy atom. The largest absolute Gasteiger partial charge is 0.170 e. The van der Waals surface area contributed by atoms with Crippen molar-refractivity contribution in [2.24, 2.45) is 5.11 Å². The molecule has 4 heteroatoms. The maximum atomic E-state index is 8.17. The molecule has 88 valence electrons. The molecule has 15 heavy (non-hydrogen) atoms. The summed E-state index contributed by atoms with van der Waals surface area (Å²) in [6, 6.07) is 0. The number of rotatable bonds is 10. The highest BCUT2D eigenvalue weighted by atomic mass is 32.1. The van der Waals surface area contributed by atoms with Gasteiger partial charge in [0, 0.05) is 4.91 Å². The van der Waals surface area contributed by atoms with E-state index in [9.17, 15) is 0 Å². The van der Waals surface area contributed by atoms with Crippen LogP contribution in [0.3, 0.4) is 0 Å². The van der Waals surface area contributed by atoms with Crippen LogP contribution in [0.15, 0.2) is 5.11 Å². The summed E-state index contributed by atoms with van der Waals surface area (Å²) in [5, 5.41) is 3.40. The molecule has 0 rings (SSSR count). The first-order valence-corrected chi connectivity index (χ1v) is 6.55. The third-order valence-electron chi connectivity index (χ3n) is 2.50. The molecule has 0 N–H and O–H groups in total. The van der Waals surface area contributed by atoms with Crippen LogP contribution in [-0.4, -0.2) is 5.37 Å². The average Bonchev–Trinajstić information content (AvgIpc) is 2.22. The molecule has 0 saturated carbocycles. The van der Waals surface area contributed by atoms with Gasteiger partial charge in [-0.3, -0.25) is 0 Å². The molecule has 0 spiro atoms. The van der Waals surface area contributed by atoms with Crippen LogP contribution >= 0.6 is 12.6 Å². The molecule has 0 amide bonds. The van der Waals surface area contributed by atoms with Gasteiger partial charge < -0.3 is 0 Å². The number of hydrogen-bond acceptors (Lipinski definition) is 2. The Morgan fingerprint density at radius 1 is 1.07 bits per heavy atom. The minimum atomic E-state index is -0.130. The van der Waals surface area contributed by atoms with Crippen molar-refractivity contribution in [2.45, 2.75) is 70.1 Å². The molecule has 0 aromatic rings. The van der Waals surface area contributed by atoms with Crippen LogP contribution in [0, 0.1) is 0 Å². The van der Waals surface area contributed by atoms with E-state index in [4.69, 9.17) is 5.53 Å². The molecule has 0 aliphatic rings. The molecule has 0 radical (unpaired) electrons. The van der Waals surface area contributed by atoms with Crippen molar-refractivity contribution in [3.63, 3.8) is 0 Å². The molecular weight excluding hydrogens is 206 g/mol. The quantitative estimate of drug-likeness (QED) is 0.178. The van der Waals surface area contributed by atoms with Gasteiger partial charge in [-0.2, -0.15) is 12.6 Å². The first-order valence-electron chi connectivity index (χ1n) is 6.03. The van der Waals surface area contributed by atoms with Gasteiger partial charge in [0.2, 0.25) is 0 Å². The molecule has 0 heterocycles. The SMILES string of the molecule is CCCCCCCCCCC(S)N=[N+]=[N-]. The van der Waals surface area contributed by atoms with E-state index < -0.39 is 0 Å². The van der Waals surface area contributed by atoms with E-state index >= 15 is 0 Å². The number of azide groups is 1. The summed E-state index contributed by atoms with van der Waals surface area (Å²) in [7, 11) is 0. The first-order chi connectivity index (χ1) is 7.31. The lowest BCUT2D eigenvalue weighted by atomic mass is 10.1. The summed E-state index contributed by atoms with van der Waals surface area (Å²) in [6.07, 6.45) is 11.4. The zero-order chi connectivity index (χ0) is 11.4. The zero-order valence-electron chi connectivity index (χ0n) is 9.73. The van der Waals surface area contributed by atoms with Gasteiger partial charge >= 0.3 is 0 Å². The van der Waals surface area contributed by atoms with Crippen molar-refractivity contribution in [1.82, 2.24) is 0 Å². The number of nitrogens with zero attached hydrogens (tertiary/aromatic N) is 3. The van der Waals surface area contributed by atoms with E-state index in [1.165, 1.54) is 44.9 Å². The van der Waals surface area contributed by atoms with Gasteiger partial charge in [-0.15, -0.1) is 0 Å². The summed E-state index contributed by atoms with van der Waals surface area (Å²) in [5.41, 5.74) is 8.17. The highest BCUT2D eigenvalue weighted by molar-refractivity contribution is 7.80. The van der Waals surface area contributed by atoms with E-state index in [1.54, 1.807) is 0 Å². The van der Waals surface area contributed by atoms with Crippen molar-refractivity contribution in [3.8, 4) is 0 Å². The molecule has 1 unspecified atom stereocenters. The van der Waals surface area contributed by atoms with Crippen molar-refractivity contribution in [1.29, 1.82) is 0 Å². The van der Waals surface area contributed by atoms with Crippen molar-refractivity contribution < 1.29 is 0 Å². The molecule has 0 aliphatic carbocycles. The van der Waals surface area contributed by atoms with Gasteiger partial charge in [0.15, 0.2) is 0 Å². The van der Waals surface area contributed by atoms with Crippen LogP contribution < -0.4 is 0 Å². The topological polar surface area (TPSA) is 48.8 Å². The lowest BCUT2D eigenvalue weighted by Gasteiger charge is -2.03. The molecule has 0 fully saturated rings. The fourth-order valence-corrected chi connectivity index (χ4v) is 1.81. The second-order valence-electron chi connectivity index (χ2n) is 3.95. The van der Waals surface area contributed by atoms with E-state index in [1.807, 2.05) is 0 Å². The Hall–Kier alpha value is -0.340. The van der Waals surface area contributed by atoms with Crippen molar-refractivity contribution in [3.05, 3.63) is 10.4 Å². The van der Waals surface area contributed by atoms with Crippen LogP contribution in [0.5, 0.6) is 0 Å². The maximum absolute atomic E-state index is 8.17. The smallest absolute Gasteiger partial charge is 0.0803 e. The van der Waals surface area contributed by atoms with Gasteiger partial charge in [0.1, 0.15) is 0 Å². The Balaban J connectivity index is 3.07. The van der Waals surface area contributed by atoms with Gasteiger partial charge in [-0.05, 0) is 12.0 Å². The molecule has 0 aromatic heterocycles. The standard InChI is InChI=1S/C11H23N3S/c1-2-3-4-5-6-7-8-9-10-11(15)13-14-12/h11,15H,2-10H2,1H3. The maximum Gasteiger partial charge on any atom is 0.0803 e. The molecule has 0 saturated heterocycles. The molecule has 3 nitrogen and oxygen atoms in total. The Bertz CT molecular complexity index is 179. The second-order valence-corrected chi connectivity index (χ2v) is 4.55. The highest BCUT2D eigenvalue weighted by Gasteiger charge is 1.98. The van der Waals surface area contributed by atoms with Gasteiger partial charge in [-0.25, -0.2) is 0 Å². The van der Waals surface area contributed by atoms with Crippen LogP contribution in [0.1, 0.15) is 64.7 Å². The Kier molecular flexibility index (Phi) is 11.5. The molecule has 0 aliphatic heterocycles. The summed E-state index contributed by atoms with van der Waals surface area (Å²) in [4.78, 5) is 2.73. The minimum Gasteiger partial charge on any atom is -0.170 e. The van der Waals surface area contributed by atoms with E-state index in [2.05, 4.69) is 29.6 Å². The number of thiol groups is 1. The van der Waals surface area contributed by atoms with E-state index in [-0.39, 0.29) is 5.37 Å². The van der Waals surface area contributed by atoms with Gasteiger partial charge in [-0.1, -0.05) is 63.4 Å². The average molecular weight is 229 g/mol. The predicted molar refractivity (Wildman–Crippen MR) is 69.1 cm³/mol. The van der Waals surface area contributed by atoms with E-state index in [0.717, 1.165) is 12.8 Å². The van der Waals surface area contributed by atoms with Crippen LogP contribution in [0.2, 0.25) is 0 Å². The number of hydrogen-bond donors (Lipinski definition) is 1. The normalized spacial score (nSPS) is 12.1. The van der Waals surface area contributed by atoms with Crippen molar-refractivity contribution >= 4 is 12.6 Å². The van der Waals surface area contributed by atoms with Gasteiger partial charge in [0.25, 0.3) is 0 Å². The lowest BCUT2D eigenvalue weighted by molar-refractivity contribution is 0.562. The molecule has 1 atom stereocenters. The minimum absolute atomic E-state index is 0.130. The third kappa shape index (κ3) is 11.6. The third-order valence-corrected chi connectivity index (χ3v) is 2.86. The molecule has 0 bridgehead atoms. The van der Waals surface area contributed by atoms with Crippen LogP contribution in [0.4, 0.5) is 0 Å². The van der Waals surface area contributed by atoms with E-state index in [0.29, 0.717) is 0 Å². The first kappa shape index (κ1) is 14.7. The Morgan fingerprint density at radius 3 is 2.13 bits per heavy atom. The zero-order valence-corrected chi connectivity index (χ0v) is 10.6. The van der Waals surface area contributed by atoms with Gasteiger partial charge in [0.05, 0.1) is 5.37 Å². The summed E-state index contributed by atoms with van der Waals surface area (Å²) in [5.74, 6) is 0. The van der Waals surface area contributed by atoms with Crippen molar-refractivity contribution in [2.75, 3.05) is 0 Å². The number of unbranched alkanes of at least 4 members (excludes halogenated alkanes) is 7. The fraction of sp³-hybridized carbons (Fsp3) is 1.00. The monoisotopic (exact) mass is 229 g/mol. The van der Waals surface area contributed by atoms with Crippen LogP contribution in [0.25, 0.3) is 10.4 Å². The lowest BCUT2D eigenvalue weighted by Crippen LogP contribution is -1.92. The van der Waals surface area contributed by atoms with Crippen LogP contribution in [-0.2, 0) is 0 Å². The highest BCUT2D eigenvalue weighted by Crippen LogP contribution is 2.13. The summed E-state index contributed by atoms with van der Waals surface area (Å²) < 4.78 is 0. The predicted octanol–water partition coefficient (Wildman–Crippen LogP) is 5.08.